The highest BCUT2D eigenvalue weighted by Gasteiger charge is 2.12. The van der Waals surface area contributed by atoms with E-state index < -0.39 is 0 Å². The summed E-state index contributed by atoms with van der Waals surface area (Å²) in [5.74, 6) is 0.610. The van der Waals surface area contributed by atoms with E-state index in [4.69, 9.17) is 4.74 Å². The van der Waals surface area contributed by atoms with Crippen LogP contribution in [0.1, 0.15) is 27.7 Å². The first-order chi connectivity index (χ1) is 5.31. The standard InChI is InChI=1S/C10H23NO/c1-9(7-11(5)6)8-12-10(2,3)4/h9H,7-8H2,1-6H3/t9-/m0/s1. The normalized spacial score (nSPS) is 15.2. The Morgan fingerprint density at radius 2 is 1.75 bits per heavy atom. The maximum atomic E-state index is 5.67. The summed E-state index contributed by atoms with van der Waals surface area (Å²) < 4.78 is 5.67. The Labute approximate surface area is 76.9 Å². The number of hydrogen-bond donors (Lipinski definition) is 0. The van der Waals surface area contributed by atoms with Crippen molar-refractivity contribution >= 4 is 0 Å². The second-order valence-electron chi connectivity index (χ2n) is 4.79. The molecule has 0 unspecified atom stereocenters. The van der Waals surface area contributed by atoms with Gasteiger partial charge in [-0.3, -0.25) is 0 Å². The predicted molar refractivity (Wildman–Crippen MR) is 53.4 cm³/mol. The second-order valence-corrected chi connectivity index (χ2v) is 4.79. The molecule has 74 valence electrons. The van der Waals surface area contributed by atoms with Crippen molar-refractivity contribution in [1.29, 1.82) is 0 Å². The molecule has 0 aliphatic heterocycles. The van der Waals surface area contributed by atoms with E-state index >= 15 is 0 Å². The van der Waals surface area contributed by atoms with Crippen molar-refractivity contribution in [2.75, 3.05) is 27.2 Å². The van der Waals surface area contributed by atoms with Crippen molar-refractivity contribution in [1.82, 2.24) is 4.90 Å². The fourth-order valence-electron chi connectivity index (χ4n) is 1.07. The summed E-state index contributed by atoms with van der Waals surface area (Å²) in [5.41, 5.74) is 0.000568. The number of nitrogens with zero attached hydrogens (tertiary/aromatic N) is 1. The molecule has 0 radical (unpaired) electrons. The van der Waals surface area contributed by atoms with Gasteiger partial charge < -0.3 is 9.64 Å². The Kier molecular flexibility index (Phi) is 4.80. The van der Waals surface area contributed by atoms with Crippen LogP contribution >= 0.6 is 0 Å². The van der Waals surface area contributed by atoms with Crippen molar-refractivity contribution in [3.63, 3.8) is 0 Å². The molecule has 0 aromatic rings. The minimum atomic E-state index is 0.000568. The van der Waals surface area contributed by atoms with E-state index in [0.717, 1.165) is 13.2 Å². The smallest absolute Gasteiger partial charge is 0.0598 e. The zero-order valence-electron chi connectivity index (χ0n) is 9.35. The summed E-state index contributed by atoms with van der Waals surface area (Å²) in [7, 11) is 4.18. The van der Waals surface area contributed by atoms with Gasteiger partial charge in [-0.05, 0) is 40.8 Å². The Hall–Kier alpha value is -0.0800. The van der Waals surface area contributed by atoms with Gasteiger partial charge in [-0.2, -0.15) is 0 Å². The minimum Gasteiger partial charge on any atom is -0.376 e. The van der Waals surface area contributed by atoms with Gasteiger partial charge in [-0.25, -0.2) is 0 Å². The molecule has 2 heteroatoms. The Bertz CT molecular complexity index is 115. The first kappa shape index (κ1) is 11.9. The van der Waals surface area contributed by atoms with Gasteiger partial charge in [0.05, 0.1) is 12.2 Å². The Morgan fingerprint density at radius 1 is 1.25 bits per heavy atom. The fourth-order valence-corrected chi connectivity index (χ4v) is 1.07. The maximum Gasteiger partial charge on any atom is 0.0598 e. The first-order valence-electron chi connectivity index (χ1n) is 4.60. The lowest BCUT2D eigenvalue weighted by Crippen LogP contribution is -2.28. The van der Waals surface area contributed by atoms with Crippen molar-refractivity contribution in [3.05, 3.63) is 0 Å². The largest absolute Gasteiger partial charge is 0.376 e. The molecule has 0 aliphatic rings. The molecule has 0 saturated heterocycles. The highest BCUT2D eigenvalue weighted by atomic mass is 16.5. The molecule has 0 rings (SSSR count). The van der Waals surface area contributed by atoms with Crippen LogP contribution in [0.2, 0.25) is 0 Å². The lowest BCUT2D eigenvalue weighted by molar-refractivity contribution is -0.0225. The van der Waals surface area contributed by atoms with Gasteiger partial charge in [-0.15, -0.1) is 0 Å². The SMILES string of the molecule is C[C@H](COC(C)(C)C)CN(C)C. The van der Waals surface area contributed by atoms with Gasteiger partial charge in [0.1, 0.15) is 0 Å². The van der Waals surface area contributed by atoms with Gasteiger partial charge in [0.2, 0.25) is 0 Å². The first-order valence-corrected chi connectivity index (χ1v) is 4.60. The molecule has 0 aliphatic carbocycles. The highest BCUT2D eigenvalue weighted by molar-refractivity contribution is 4.62. The maximum absolute atomic E-state index is 5.67. The lowest BCUT2D eigenvalue weighted by Gasteiger charge is -2.24. The molecular formula is C10H23NO. The van der Waals surface area contributed by atoms with E-state index in [-0.39, 0.29) is 5.60 Å². The quantitative estimate of drug-likeness (QED) is 0.644. The topological polar surface area (TPSA) is 12.5 Å². The monoisotopic (exact) mass is 173 g/mol. The molecule has 0 aromatic carbocycles. The molecule has 12 heavy (non-hydrogen) atoms. The second kappa shape index (κ2) is 4.83. The average molecular weight is 173 g/mol. The van der Waals surface area contributed by atoms with Crippen molar-refractivity contribution in [2.45, 2.75) is 33.3 Å². The van der Waals surface area contributed by atoms with Gasteiger partial charge in [-0.1, -0.05) is 6.92 Å². The molecule has 1 atom stereocenters. The number of ether oxygens (including phenoxy) is 1. The van der Waals surface area contributed by atoms with Crippen LogP contribution in [0, 0.1) is 5.92 Å². The highest BCUT2D eigenvalue weighted by Crippen LogP contribution is 2.09. The van der Waals surface area contributed by atoms with Gasteiger partial charge in [0.25, 0.3) is 0 Å². The van der Waals surface area contributed by atoms with E-state index in [0.29, 0.717) is 5.92 Å². The van der Waals surface area contributed by atoms with E-state index in [2.05, 4.69) is 46.7 Å². The van der Waals surface area contributed by atoms with Crippen molar-refractivity contribution in [3.8, 4) is 0 Å². The van der Waals surface area contributed by atoms with E-state index in [1.165, 1.54) is 0 Å². The summed E-state index contributed by atoms with van der Waals surface area (Å²) in [4.78, 5) is 2.19. The van der Waals surface area contributed by atoms with Crippen LogP contribution in [0.4, 0.5) is 0 Å². The zero-order valence-corrected chi connectivity index (χ0v) is 9.35. The van der Waals surface area contributed by atoms with Crippen LogP contribution in [-0.4, -0.2) is 37.7 Å². The molecule has 0 saturated carbocycles. The Morgan fingerprint density at radius 3 is 2.08 bits per heavy atom. The molecular weight excluding hydrogens is 150 g/mol. The lowest BCUT2D eigenvalue weighted by atomic mass is 10.1. The summed E-state index contributed by atoms with van der Waals surface area (Å²) in [6.45, 7) is 10.4. The van der Waals surface area contributed by atoms with Crippen LogP contribution in [0.25, 0.3) is 0 Å². The van der Waals surface area contributed by atoms with Crippen molar-refractivity contribution < 1.29 is 4.74 Å². The summed E-state index contributed by atoms with van der Waals surface area (Å²) in [5, 5.41) is 0. The molecule has 0 fully saturated rings. The van der Waals surface area contributed by atoms with Crippen LogP contribution in [0.15, 0.2) is 0 Å². The summed E-state index contributed by atoms with van der Waals surface area (Å²) >= 11 is 0. The molecule has 0 heterocycles. The molecule has 0 N–H and O–H groups in total. The third-order valence-electron chi connectivity index (χ3n) is 1.48. The van der Waals surface area contributed by atoms with Crippen LogP contribution in [0.5, 0.6) is 0 Å². The zero-order chi connectivity index (χ0) is 9.78. The van der Waals surface area contributed by atoms with Gasteiger partial charge in [0.15, 0.2) is 0 Å². The molecule has 0 aromatic heterocycles. The number of hydrogen-bond acceptors (Lipinski definition) is 2. The van der Waals surface area contributed by atoms with E-state index in [1.807, 2.05) is 0 Å². The third-order valence-corrected chi connectivity index (χ3v) is 1.48. The van der Waals surface area contributed by atoms with Crippen LogP contribution in [-0.2, 0) is 4.74 Å². The van der Waals surface area contributed by atoms with Crippen LogP contribution < -0.4 is 0 Å². The average Bonchev–Trinajstić information content (AvgIpc) is 1.80. The van der Waals surface area contributed by atoms with E-state index in [9.17, 15) is 0 Å². The van der Waals surface area contributed by atoms with Gasteiger partial charge >= 0.3 is 0 Å². The summed E-state index contributed by atoms with van der Waals surface area (Å²) in [6.07, 6.45) is 0. The number of rotatable bonds is 4. The third kappa shape index (κ3) is 8.02. The molecule has 2 nitrogen and oxygen atoms in total. The van der Waals surface area contributed by atoms with E-state index in [1.54, 1.807) is 0 Å². The van der Waals surface area contributed by atoms with Crippen molar-refractivity contribution in [2.24, 2.45) is 5.92 Å². The van der Waals surface area contributed by atoms with Crippen LogP contribution in [0.3, 0.4) is 0 Å². The molecule has 0 bridgehead atoms. The summed E-state index contributed by atoms with van der Waals surface area (Å²) in [6, 6.07) is 0. The predicted octanol–water partition coefficient (Wildman–Crippen LogP) is 2.00. The Balaban J connectivity index is 3.51. The fraction of sp³-hybridized carbons (Fsp3) is 1.00. The van der Waals surface area contributed by atoms with Gasteiger partial charge in [0, 0.05) is 6.54 Å². The molecule has 0 spiro atoms. The molecule has 0 amide bonds. The minimum absolute atomic E-state index is 0.000568.